The second kappa shape index (κ2) is 7.84. The Balaban J connectivity index is 3.48. The van der Waals surface area contributed by atoms with Crippen molar-refractivity contribution >= 4 is 18.6 Å². The number of rotatable bonds is 7. The first-order valence-corrected chi connectivity index (χ1v) is 5.03. The lowest BCUT2D eigenvalue weighted by molar-refractivity contribution is -0.141. The van der Waals surface area contributed by atoms with E-state index in [1.54, 1.807) is 6.92 Å². The number of carbonyl (C=O) groups is 1. The lowest BCUT2D eigenvalue weighted by atomic mass is 10.3. The van der Waals surface area contributed by atoms with E-state index in [0.717, 1.165) is 0 Å². The predicted molar refractivity (Wildman–Crippen MR) is 58.5 cm³/mol. The molecule has 0 saturated carbocycles. The lowest BCUT2D eigenvalue weighted by Gasteiger charge is -2.11. The van der Waals surface area contributed by atoms with Gasteiger partial charge in [-0.1, -0.05) is 6.58 Å². The van der Waals surface area contributed by atoms with Crippen LogP contribution in [0.15, 0.2) is 12.2 Å². The molecule has 0 aromatic carbocycles. The number of thiol groups is 1. The first kappa shape index (κ1) is 13.5. The normalized spacial score (nSPS) is 12.2. The minimum atomic E-state index is -0.682. The van der Waals surface area contributed by atoms with Gasteiger partial charge in [-0.3, -0.25) is 0 Å². The predicted octanol–water partition coefficient (Wildman–Crippen LogP) is -0.0140. The minimum absolute atomic E-state index is 0.00867. The van der Waals surface area contributed by atoms with Gasteiger partial charge in [0.05, 0.1) is 0 Å². The van der Waals surface area contributed by atoms with E-state index in [4.69, 9.17) is 4.74 Å². The van der Waals surface area contributed by atoms with Gasteiger partial charge in [-0.05, 0) is 6.92 Å². The molecule has 5 heteroatoms. The molecule has 0 heterocycles. The second-order valence-corrected chi connectivity index (χ2v) is 3.41. The van der Waals surface area contributed by atoms with Crippen LogP contribution in [0.25, 0.3) is 0 Å². The van der Waals surface area contributed by atoms with Crippen molar-refractivity contribution in [2.45, 2.75) is 13.0 Å². The van der Waals surface area contributed by atoms with Crippen LogP contribution in [-0.4, -0.2) is 42.6 Å². The maximum atomic E-state index is 10.9. The molecule has 0 aliphatic rings. The summed E-state index contributed by atoms with van der Waals surface area (Å²) in [6, 6.07) is 0. The van der Waals surface area contributed by atoms with Crippen LogP contribution in [0, 0.1) is 0 Å². The summed E-state index contributed by atoms with van der Waals surface area (Å²) in [5.74, 6) is 0.233. The number of esters is 1. The van der Waals surface area contributed by atoms with E-state index in [1.165, 1.54) is 0 Å². The summed E-state index contributed by atoms with van der Waals surface area (Å²) in [6.07, 6.45) is -0.682. The Labute approximate surface area is 89.7 Å². The molecule has 1 unspecified atom stereocenters. The molecule has 2 N–H and O–H groups in total. The Bertz CT molecular complexity index is 196. The standard InChI is InChI=1S/C9H17NO3S/c1-7(2)9(12)13-6-8(11)5-10-3-4-14/h8,10-11,14H,1,3-6H2,2H3. The van der Waals surface area contributed by atoms with E-state index in [0.29, 0.717) is 24.4 Å². The van der Waals surface area contributed by atoms with Crippen LogP contribution in [0.5, 0.6) is 0 Å². The maximum Gasteiger partial charge on any atom is 0.333 e. The van der Waals surface area contributed by atoms with Crippen LogP contribution >= 0.6 is 12.6 Å². The Hall–Kier alpha value is -0.520. The molecule has 0 amide bonds. The van der Waals surface area contributed by atoms with E-state index in [9.17, 15) is 9.90 Å². The Kier molecular flexibility index (Phi) is 7.55. The topological polar surface area (TPSA) is 58.6 Å². The molecule has 0 spiro atoms. The summed E-state index contributed by atoms with van der Waals surface area (Å²) < 4.78 is 4.75. The van der Waals surface area contributed by atoms with Crippen LogP contribution in [-0.2, 0) is 9.53 Å². The molecule has 0 fully saturated rings. The Morgan fingerprint density at radius 2 is 2.36 bits per heavy atom. The van der Waals surface area contributed by atoms with Crippen molar-refractivity contribution in [2.24, 2.45) is 0 Å². The van der Waals surface area contributed by atoms with Gasteiger partial charge >= 0.3 is 5.97 Å². The zero-order chi connectivity index (χ0) is 11.0. The maximum absolute atomic E-state index is 10.9. The van der Waals surface area contributed by atoms with E-state index in [2.05, 4.69) is 24.5 Å². The number of ether oxygens (including phenoxy) is 1. The van der Waals surface area contributed by atoms with Crippen molar-refractivity contribution in [2.75, 3.05) is 25.4 Å². The fourth-order valence-corrected chi connectivity index (χ4v) is 0.860. The van der Waals surface area contributed by atoms with Gasteiger partial charge in [-0.25, -0.2) is 4.79 Å². The van der Waals surface area contributed by atoms with Crippen LogP contribution < -0.4 is 5.32 Å². The zero-order valence-corrected chi connectivity index (χ0v) is 9.22. The van der Waals surface area contributed by atoms with Crippen molar-refractivity contribution < 1.29 is 14.6 Å². The fraction of sp³-hybridized carbons (Fsp3) is 0.667. The van der Waals surface area contributed by atoms with Crippen LogP contribution in [0.1, 0.15) is 6.92 Å². The third kappa shape index (κ3) is 6.94. The van der Waals surface area contributed by atoms with Gasteiger partial charge in [0.25, 0.3) is 0 Å². The number of hydrogen-bond acceptors (Lipinski definition) is 5. The van der Waals surface area contributed by atoms with Crippen molar-refractivity contribution in [3.05, 3.63) is 12.2 Å². The van der Waals surface area contributed by atoms with Crippen LogP contribution in [0.3, 0.4) is 0 Å². The summed E-state index contributed by atoms with van der Waals surface area (Å²) >= 11 is 3.99. The molecular formula is C9H17NO3S. The number of aliphatic hydroxyl groups is 1. The third-order valence-corrected chi connectivity index (χ3v) is 1.65. The molecule has 0 rings (SSSR count). The highest BCUT2D eigenvalue weighted by Crippen LogP contribution is 1.93. The summed E-state index contributed by atoms with van der Waals surface area (Å²) in [7, 11) is 0. The second-order valence-electron chi connectivity index (χ2n) is 2.96. The molecule has 0 aliphatic heterocycles. The van der Waals surface area contributed by atoms with Gasteiger partial charge in [0.15, 0.2) is 0 Å². The molecule has 0 saturated heterocycles. The SMILES string of the molecule is C=C(C)C(=O)OCC(O)CNCCS. The quantitative estimate of drug-likeness (QED) is 0.244. The number of aliphatic hydroxyl groups excluding tert-OH is 1. The Morgan fingerprint density at radius 3 is 2.86 bits per heavy atom. The van der Waals surface area contributed by atoms with Gasteiger partial charge in [0.2, 0.25) is 0 Å². The first-order chi connectivity index (χ1) is 6.57. The van der Waals surface area contributed by atoms with E-state index in [-0.39, 0.29) is 6.61 Å². The highest BCUT2D eigenvalue weighted by Gasteiger charge is 2.08. The van der Waals surface area contributed by atoms with E-state index in [1.807, 2.05) is 0 Å². The summed E-state index contributed by atoms with van der Waals surface area (Å²) in [4.78, 5) is 10.9. The van der Waals surface area contributed by atoms with Gasteiger partial charge in [0, 0.05) is 24.4 Å². The molecule has 0 bridgehead atoms. The lowest BCUT2D eigenvalue weighted by Crippen LogP contribution is -2.32. The largest absolute Gasteiger partial charge is 0.460 e. The van der Waals surface area contributed by atoms with Crippen molar-refractivity contribution in [3.63, 3.8) is 0 Å². The smallest absolute Gasteiger partial charge is 0.333 e. The summed E-state index contributed by atoms with van der Waals surface area (Å²) in [5.41, 5.74) is 0.334. The minimum Gasteiger partial charge on any atom is -0.460 e. The van der Waals surface area contributed by atoms with Gasteiger partial charge in [-0.15, -0.1) is 0 Å². The third-order valence-electron chi connectivity index (χ3n) is 1.42. The van der Waals surface area contributed by atoms with Crippen LogP contribution in [0.2, 0.25) is 0 Å². The molecule has 0 aromatic heterocycles. The number of carbonyl (C=O) groups excluding carboxylic acids is 1. The Morgan fingerprint density at radius 1 is 1.71 bits per heavy atom. The average molecular weight is 219 g/mol. The van der Waals surface area contributed by atoms with Gasteiger partial charge in [0.1, 0.15) is 12.7 Å². The summed E-state index contributed by atoms with van der Waals surface area (Å²) in [5, 5.41) is 12.3. The van der Waals surface area contributed by atoms with Gasteiger partial charge < -0.3 is 15.2 Å². The molecule has 0 aromatic rings. The zero-order valence-electron chi connectivity index (χ0n) is 8.32. The van der Waals surface area contributed by atoms with Gasteiger partial charge in [-0.2, -0.15) is 12.6 Å². The molecule has 14 heavy (non-hydrogen) atoms. The molecule has 0 aliphatic carbocycles. The molecule has 1 atom stereocenters. The monoisotopic (exact) mass is 219 g/mol. The molecule has 0 radical (unpaired) electrons. The molecule has 82 valence electrons. The molecular weight excluding hydrogens is 202 g/mol. The van der Waals surface area contributed by atoms with Crippen molar-refractivity contribution in [1.82, 2.24) is 5.32 Å². The van der Waals surface area contributed by atoms with E-state index >= 15 is 0 Å². The number of hydrogen-bond donors (Lipinski definition) is 3. The number of nitrogens with one attached hydrogen (secondary N) is 1. The highest BCUT2D eigenvalue weighted by atomic mass is 32.1. The highest BCUT2D eigenvalue weighted by molar-refractivity contribution is 7.80. The average Bonchev–Trinajstić information content (AvgIpc) is 2.14. The fourth-order valence-electron chi connectivity index (χ4n) is 0.702. The summed E-state index contributed by atoms with van der Waals surface area (Å²) in [6.45, 7) is 6.09. The van der Waals surface area contributed by atoms with Crippen molar-refractivity contribution in [1.29, 1.82) is 0 Å². The molecule has 4 nitrogen and oxygen atoms in total. The van der Waals surface area contributed by atoms with Crippen molar-refractivity contribution in [3.8, 4) is 0 Å². The van der Waals surface area contributed by atoms with Crippen LogP contribution in [0.4, 0.5) is 0 Å². The van der Waals surface area contributed by atoms with E-state index < -0.39 is 12.1 Å². The first-order valence-electron chi connectivity index (χ1n) is 4.40.